The van der Waals surface area contributed by atoms with Crippen LogP contribution >= 0.6 is 0 Å². The summed E-state index contributed by atoms with van der Waals surface area (Å²) in [6, 6.07) is 25.3. The predicted molar refractivity (Wildman–Crippen MR) is 97.7 cm³/mol. The van der Waals surface area contributed by atoms with Crippen molar-refractivity contribution >= 4 is 5.91 Å². The Kier molecular flexibility index (Phi) is 4.65. The van der Waals surface area contributed by atoms with Crippen LogP contribution in [0.4, 0.5) is 0 Å². The molecule has 0 bridgehead atoms. The molecule has 0 radical (unpaired) electrons. The van der Waals surface area contributed by atoms with E-state index in [1.165, 1.54) is 0 Å². The SMILES string of the molecule is NC(=O)c1ccccc1C#CC(O)(c1ccccc1)c1ccccc1. The van der Waals surface area contributed by atoms with Crippen LogP contribution in [0, 0.1) is 11.8 Å². The van der Waals surface area contributed by atoms with Gasteiger partial charge in [-0.1, -0.05) is 84.6 Å². The summed E-state index contributed by atoms with van der Waals surface area (Å²) in [5.74, 6) is 5.32. The third kappa shape index (κ3) is 3.45. The Morgan fingerprint density at radius 3 is 1.80 bits per heavy atom. The van der Waals surface area contributed by atoms with Gasteiger partial charge in [0.05, 0.1) is 5.56 Å². The van der Waals surface area contributed by atoms with Crippen molar-refractivity contribution in [2.24, 2.45) is 5.73 Å². The zero-order chi connectivity index (χ0) is 17.7. The van der Waals surface area contributed by atoms with Crippen molar-refractivity contribution in [1.29, 1.82) is 0 Å². The summed E-state index contributed by atoms with van der Waals surface area (Å²) >= 11 is 0. The molecule has 3 nitrogen and oxygen atoms in total. The minimum absolute atomic E-state index is 0.332. The number of rotatable bonds is 3. The molecule has 122 valence electrons. The van der Waals surface area contributed by atoms with Crippen molar-refractivity contribution in [1.82, 2.24) is 0 Å². The lowest BCUT2D eigenvalue weighted by Crippen LogP contribution is -2.25. The van der Waals surface area contributed by atoms with Crippen molar-refractivity contribution < 1.29 is 9.90 Å². The number of carbonyl (C=O) groups excluding carboxylic acids is 1. The molecule has 25 heavy (non-hydrogen) atoms. The number of amides is 1. The second kappa shape index (κ2) is 7.04. The standard InChI is InChI=1S/C22H17NO2/c23-21(24)20-14-8-7-9-17(20)15-16-22(25,18-10-3-1-4-11-18)19-12-5-2-6-13-19/h1-14,25H,(H2,23,24). The first-order valence-corrected chi connectivity index (χ1v) is 7.87. The number of carbonyl (C=O) groups is 1. The fourth-order valence-corrected chi connectivity index (χ4v) is 2.63. The third-order valence-corrected chi connectivity index (χ3v) is 3.95. The lowest BCUT2D eigenvalue weighted by atomic mass is 9.86. The van der Waals surface area contributed by atoms with Gasteiger partial charge in [0.15, 0.2) is 5.60 Å². The highest BCUT2D eigenvalue weighted by Gasteiger charge is 2.29. The largest absolute Gasteiger partial charge is 0.369 e. The fraction of sp³-hybridized carbons (Fsp3) is 0.0455. The van der Waals surface area contributed by atoms with Crippen LogP contribution < -0.4 is 5.73 Å². The number of hydrogen-bond acceptors (Lipinski definition) is 2. The van der Waals surface area contributed by atoms with Gasteiger partial charge in [-0.15, -0.1) is 0 Å². The molecule has 0 atom stereocenters. The second-order valence-electron chi connectivity index (χ2n) is 5.60. The van der Waals surface area contributed by atoms with Gasteiger partial charge in [-0.05, 0) is 12.1 Å². The summed E-state index contributed by atoms with van der Waals surface area (Å²) in [5.41, 5.74) is 6.05. The van der Waals surface area contributed by atoms with Gasteiger partial charge < -0.3 is 10.8 Å². The minimum atomic E-state index is -1.49. The van der Waals surface area contributed by atoms with E-state index >= 15 is 0 Å². The Hall–Kier alpha value is -3.35. The van der Waals surface area contributed by atoms with Crippen LogP contribution in [-0.4, -0.2) is 11.0 Å². The summed E-state index contributed by atoms with van der Waals surface area (Å²) in [6.45, 7) is 0. The Labute approximate surface area is 146 Å². The molecule has 0 fully saturated rings. The highest BCUT2D eigenvalue weighted by Crippen LogP contribution is 2.29. The van der Waals surface area contributed by atoms with Crippen molar-refractivity contribution in [3.8, 4) is 11.8 Å². The van der Waals surface area contributed by atoms with E-state index in [2.05, 4.69) is 11.8 Å². The molecule has 0 aliphatic heterocycles. The van der Waals surface area contributed by atoms with Crippen LogP contribution in [0.1, 0.15) is 27.0 Å². The summed E-state index contributed by atoms with van der Waals surface area (Å²) in [4.78, 5) is 11.6. The van der Waals surface area contributed by atoms with Crippen LogP contribution in [-0.2, 0) is 5.60 Å². The van der Waals surface area contributed by atoms with Crippen LogP contribution in [0.2, 0.25) is 0 Å². The first kappa shape index (κ1) is 16.5. The van der Waals surface area contributed by atoms with Crippen molar-refractivity contribution in [2.45, 2.75) is 5.60 Å². The molecule has 3 rings (SSSR count). The van der Waals surface area contributed by atoms with Crippen LogP contribution in [0.25, 0.3) is 0 Å². The quantitative estimate of drug-likeness (QED) is 0.726. The smallest absolute Gasteiger partial charge is 0.249 e. The van der Waals surface area contributed by atoms with E-state index < -0.39 is 11.5 Å². The molecule has 3 heteroatoms. The van der Waals surface area contributed by atoms with Gasteiger partial charge in [-0.3, -0.25) is 4.79 Å². The Morgan fingerprint density at radius 1 is 0.800 bits per heavy atom. The van der Waals surface area contributed by atoms with Gasteiger partial charge in [-0.2, -0.15) is 0 Å². The summed E-state index contributed by atoms with van der Waals surface area (Å²) in [5, 5.41) is 11.4. The summed E-state index contributed by atoms with van der Waals surface area (Å²) in [6.07, 6.45) is 0. The Morgan fingerprint density at radius 2 is 1.28 bits per heavy atom. The Balaban J connectivity index is 2.15. The van der Waals surface area contributed by atoms with E-state index in [-0.39, 0.29) is 0 Å². The number of primary amides is 1. The average molecular weight is 327 g/mol. The molecule has 0 aliphatic carbocycles. The third-order valence-electron chi connectivity index (χ3n) is 3.95. The lowest BCUT2D eigenvalue weighted by molar-refractivity contribution is 0.1000. The number of aliphatic hydroxyl groups is 1. The topological polar surface area (TPSA) is 63.3 Å². The maximum Gasteiger partial charge on any atom is 0.249 e. The zero-order valence-corrected chi connectivity index (χ0v) is 13.5. The first-order chi connectivity index (χ1) is 12.1. The summed E-state index contributed by atoms with van der Waals surface area (Å²) < 4.78 is 0. The molecule has 0 saturated heterocycles. The molecule has 0 unspecified atom stereocenters. The van der Waals surface area contributed by atoms with Gasteiger partial charge in [0, 0.05) is 16.7 Å². The normalized spacial score (nSPS) is 10.6. The molecule has 0 heterocycles. The van der Waals surface area contributed by atoms with Crippen molar-refractivity contribution in [3.63, 3.8) is 0 Å². The van der Waals surface area contributed by atoms with Crippen molar-refractivity contribution in [3.05, 3.63) is 107 Å². The number of nitrogens with two attached hydrogens (primary N) is 1. The highest BCUT2D eigenvalue weighted by atomic mass is 16.3. The predicted octanol–water partition coefficient (Wildman–Crippen LogP) is 3.07. The lowest BCUT2D eigenvalue weighted by Gasteiger charge is -2.23. The maximum atomic E-state index is 11.6. The number of hydrogen-bond donors (Lipinski definition) is 2. The van der Waals surface area contributed by atoms with E-state index in [1.54, 1.807) is 24.3 Å². The first-order valence-electron chi connectivity index (χ1n) is 7.87. The minimum Gasteiger partial charge on any atom is -0.369 e. The molecule has 0 spiro atoms. The molecule has 0 aromatic heterocycles. The van der Waals surface area contributed by atoms with Crippen molar-refractivity contribution in [2.75, 3.05) is 0 Å². The molecular formula is C22H17NO2. The van der Waals surface area contributed by atoms with Crippen LogP contribution in [0.15, 0.2) is 84.9 Å². The highest BCUT2D eigenvalue weighted by molar-refractivity contribution is 5.95. The molecule has 3 aromatic rings. The van der Waals surface area contributed by atoms with E-state index in [0.717, 1.165) is 0 Å². The van der Waals surface area contributed by atoms with Crippen LogP contribution in [0.3, 0.4) is 0 Å². The average Bonchev–Trinajstić information content (AvgIpc) is 2.67. The van der Waals surface area contributed by atoms with Gasteiger partial charge in [0.25, 0.3) is 0 Å². The molecule has 0 saturated carbocycles. The van der Waals surface area contributed by atoms with E-state index in [9.17, 15) is 9.90 Å². The van der Waals surface area contributed by atoms with Crippen LogP contribution in [0.5, 0.6) is 0 Å². The van der Waals surface area contributed by atoms with Gasteiger partial charge in [-0.25, -0.2) is 0 Å². The Bertz CT molecular complexity index is 898. The van der Waals surface area contributed by atoms with E-state index in [0.29, 0.717) is 22.3 Å². The van der Waals surface area contributed by atoms with Gasteiger partial charge in [0.1, 0.15) is 0 Å². The molecule has 3 aromatic carbocycles. The monoisotopic (exact) mass is 327 g/mol. The second-order valence-corrected chi connectivity index (χ2v) is 5.60. The molecule has 0 aliphatic rings. The van der Waals surface area contributed by atoms with Gasteiger partial charge in [0.2, 0.25) is 5.91 Å². The fourth-order valence-electron chi connectivity index (χ4n) is 2.63. The van der Waals surface area contributed by atoms with E-state index in [1.807, 2.05) is 60.7 Å². The summed E-state index contributed by atoms with van der Waals surface area (Å²) in [7, 11) is 0. The maximum absolute atomic E-state index is 11.6. The zero-order valence-electron chi connectivity index (χ0n) is 13.5. The molecular weight excluding hydrogens is 310 g/mol. The molecule has 1 amide bonds. The molecule has 3 N–H and O–H groups in total. The van der Waals surface area contributed by atoms with E-state index in [4.69, 9.17) is 5.73 Å². The number of benzene rings is 3. The van der Waals surface area contributed by atoms with Gasteiger partial charge >= 0.3 is 0 Å².